The van der Waals surface area contributed by atoms with Crippen LogP contribution >= 0.6 is 0 Å². The van der Waals surface area contributed by atoms with Gasteiger partial charge in [-0.3, -0.25) is 0 Å². The number of rotatable bonds is 3. The summed E-state index contributed by atoms with van der Waals surface area (Å²) in [5.74, 6) is 0.462. The van der Waals surface area contributed by atoms with Gasteiger partial charge in [0.2, 0.25) is 0 Å². The van der Waals surface area contributed by atoms with Gasteiger partial charge < -0.3 is 10.6 Å². The highest BCUT2D eigenvalue weighted by molar-refractivity contribution is 5.53. The molecular weight excluding hydrogens is 301 g/mol. The molecule has 0 amide bonds. The van der Waals surface area contributed by atoms with Crippen molar-refractivity contribution in [2.75, 3.05) is 23.7 Å². The molecule has 2 aromatic rings. The van der Waals surface area contributed by atoms with Gasteiger partial charge in [0, 0.05) is 24.5 Å². The number of nitrogens with zero attached hydrogens (tertiary/aromatic N) is 1. The van der Waals surface area contributed by atoms with Gasteiger partial charge in [-0.2, -0.15) is 13.2 Å². The molecule has 23 heavy (non-hydrogen) atoms. The predicted octanol–water partition coefficient (Wildman–Crippen LogP) is 4.36. The second kappa shape index (κ2) is 6.14. The number of alkyl halides is 3. The first kappa shape index (κ1) is 15.7. The fraction of sp³-hybridized carbons (Fsp3) is 0.333. The quantitative estimate of drug-likeness (QED) is 0.852. The summed E-state index contributed by atoms with van der Waals surface area (Å²) < 4.78 is 37.7. The zero-order chi connectivity index (χ0) is 16.4. The smallest absolute Gasteiger partial charge is 0.399 e. The largest absolute Gasteiger partial charge is 0.416 e. The minimum absolute atomic E-state index is 0.462. The van der Waals surface area contributed by atoms with Crippen LogP contribution in [0.25, 0.3) is 0 Å². The molecule has 0 aromatic heterocycles. The number of benzene rings is 2. The molecule has 0 aliphatic carbocycles. The normalized spacial score (nSPS) is 18.4. The summed E-state index contributed by atoms with van der Waals surface area (Å²) in [6, 6.07) is 13.3. The Kier molecular flexibility index (Phi) is 4.20. The summed E-state index contributed by atoms with van der Waals surface area (Å²) in [7, 11) is 0. The Morgan fingerprint density at radius 1 is 1.00 bits per heavy atom. The lowest BCUT2D eigenvalue weighted by atomic mass is 9.98. The summed E-state index contributed by atoms with van der Waals surface area (Å²) in [6.45, 7) is 1.89. The van der Waals surface area contributed by atoms with Crippen LogP contribution in [-0.2, 0) is 12.6 Å². The van der Waals surface area contributed by atoms with Gasteiger partial charge in [-0.05, 0) is 60.7 Å². The van der Waals surface area contributed by atoms with E-state index in [0.717, 1.165) is 42.9 Å². The lowest BCUT2D eigenvalue weighted by Crippen LogP contribution is -2.20. The van der Waals surface area contributed by atoms with E-state index in [9.17, 15) is 13.2 Å². The monoisotopic (exact) mass is 320 g/mol. The molecule has 0 spiro atoms. The predicted molar refractivity (Wildman–Crippen MR) is 86.3 cm³/mol. The Hall–Kier alpha value is -2.17. The topological polar surface area (TPSA) is 29.3 Å². The van der Waals surface area contributed by atoms with E-state index in [0.29, 0.717) is 5.92 Å². The van der Waals surface area contributed by atoms with E-state index < -0.39 is 11.7 Å². The molecule has 1 saturated heterocycles. The maximum Gasteiger partial charge on any atom is 0.416 e. The number of hydrogen-bond acceptors (Lipinski definition) is 2. The molecule has 0 saturated carbocycles. The molecule has 0 radical (unpaired) electrons. The van der Waals surface area contributed by atoms with Crippen LogP contribution in [0.3, 0.4) is 0 Å². The minimum atomic E-state index is -4.27. The average molecular weight is 320 g/mol. The maximum atomic E-state index is 12.6. The zero-order valence-corrected chi connectivity index (χ0v) is 12.7. The first-order valence-electron chi connectivity index (χ1n) is 7.68. The maximum absolute atomic E-state index is 12.6. The Bertz CT molecular complexity index is 647. The molecule has 5 heteroatoms. The van der Waals surface area contributed by atoms with Crippen molar-refractivity contribution < 1.29 is 13.2 Å². The third-order valence-corrected chi connectivity index (χ3v) is 4.35. The van der Waals surface area contributed by atoms with Crippen LogP contribution in [0.2, 0.25) is 0 Å². The Balaban J connectivity index is 1.60. The Labute approximate surface area is 133 Å². The summed E-state index contributed by atoms with van der Waals surface area (Å²) in [5, 5.41) is 0. The van der Waals surface area contributed by atoms with Gasteiger partial charge in [0.1, 0.15) is 0 Å². The highest BCUT2D eigenvalue weighted by Gasteiger charge is 2.30. The highest BCUT2D eigenvalue weighted by Crippen LogP contribution is 2.30. The van der Waals surface area contributed by atoms with Crippen LogP contribution in [0.4, 0.5) is 24.5 Å². The molecule has 1 aliphatic heterocycles. The van der Waals surface area contributed by atoms with Crippen LogP contribution in [0.5, 0.6) is 0 Å². The van der Waals surface area contributed by atoms with Crippen molar-refractivity contribution in [3.8, 4) is 0 Å². The van der Waals surface area contributed by atoms with Crippen molar-refractivity contribution in [3.05, 3.63) is 59.7 Å². The fourth-order valence-electron chi connectivity index (χ4n) is 3.08. The van der Waals surface area contributed by atoms with E-state index in [4.69, 9.17) is 5.73 Å². The number of hydrogen-bond donors (Lipinski definition) is 1. The van der Waals surface area contributed by atoms with Crippen LogP contribution in [-0.4, -0.2) is 13.1 Å². The molecule has 1 fully saturated rings. The van der Waals surface area contributed by atoms with Crippen molar-refractivity contribution in [2.24, 2.45) is 5.92 Å². The van der Waals surface area contributed by atoms with Crippen molar-refractivity contribution in [1.29, 1.82) is 0 Å². The van der Waals surface area contributed by atoms with Crippen LogP contribution in [0, 0.1) is 5.92 Å². The number of nitrogens with two attached hydrogens (primary N) is 1. The molecule has 2 aromatic carbocycles. The second-order valence-electron chi connectivity index (χ2n) is 6.09. The highest BCUT2D eigenvalue weighted by atomic mass is 19.4. The molecule has 3 rings (SSSR count). The van der Waals surface area contributed by atoms with E-state index in [1.165, 1.54) is 12.1 Å². The van der Waals surface area contributed by atoms with E-state index in [1.54, 1.807) is 12.1 Å². The van der Waals surface area contributed by atoms with E-state index >= 15 is 0 Å². The van der Waals surface area contributed by atoms with Crippen LogP contribution in [0.1, 0.15) is 17.5 Å². The minimum Gasteiger partial charge on any atom is -0.399 e. The molecule has 2 N–H and O–H groups in total. The molecule has 1 unspecified atom stereocenters. The summed E-state index contributed by atoms with van der Waals surface area (Å²) >= 11 is 0. The van der Waals surface area contributed by atoms with Crippen molar-refractivity contribution in [2.45, 2.75) is 19.0 Å². The van der Waals surface area contributed by atoms with E-state index in [-0.39, 0.29) is 0 Å². The lowest BCUT2D eigenvalue weighted by Gasteiger charge is -2.19. The molecular formula is C18H19F3N2. The van der Waals surface area contributed by atoms with E-state index in [1.807, 2.05) is 24.3 Å². The van der Waals surface area contributed by atoms with Gasteiger partial charge in [0.05, 0.1) is 5.56 Å². The molecule has 0 bridgehead atoms. The number of anilines is 2. The molecule has 1 atom stereocenters. The number of nitrogen functional groups attached to an aromatic ring is 1. The Morgan fingerprint density at radius 2 is 1.65 bits per heavy atom. The van der Waals surface area contributed by atoms with Gasteiger partial charge in [-0.25, -0.2) is 0 Å². The van der Waals surface area contributed by atoms with Crippen LogP contribution in [0.15, 0.2) is 48.5 Å². The first-order valence-corrected chi connectivity index (χ1v) is 7.68. The summed E-state index contributed by atoms with van der Waals surface area (Å²) in [5.41, 5.74) is 7.96. The van der Waals surface area contributed by atoms with Gasteiger partial charge >= 0.3 is 6.18 Å². The fourth-order valence-corrected chi connectivity index (χ4v) is 3.08. The third-order valence-electron chi connectivity index (χ3n) is 4.35. The lowest BCUT2D eigenvalue weighted by molar-refractivity contribution is -0.137. The SMILES string of the molecule is Nc1ccc(N2CCC(Cc3ccc(C(F)(F)F)cc3)C2)cc1. The van der Waals surface area contributed by atoms with E-state index in [2.05, 4.69) is 4.90 Å². The van der Waals surface area contributed by atoms with Gasteiger partial charge in [-0.15, -0.1) is 0 Å². The number of halogens is 3. The zero-order valence-electron chi connectivity index (χ0n) is 12.7. The molecule has 1 aliphatic rings. The van der Waals surface area contributed by atoms with Crippen molar-refractivity contribution in [1.82, 2.24) is 0 Å². The second-order valence-corrected chi connectivity index (χ2v) is 6.09. The summed E-state index contributed by atoms with van der Waals surface area (Å²) in [6.07, 6.45) is -2.41. The third kappa shape index (κ3) is 3.78. The van der Waals surface area contributed by atoms with Gasteiger partial charge in [0.25, 0.3) is 0 Å². The van der Waals surface area contributed by atoms with Gasteiger partial charge in [0.15, 0.2) is 0 Å². The van der Waals surface area contributed by atoms with Gasteiger partial charge in [-0.1, -0.05) is 12.1 Å². The van der Waals surface area contributed by atoms with Crippen molar-refractivity contribution in [3.63, 3.8) is 0 Å². The molecule has 1 heterocycles. The average Bonchev–Trinajstić information content (AvgIpc) is 2.96. The Morgan fingerprint density at radius 3 is 2.26 bits per heavy atom. The standard InChI is InChI=1S/C18H19F3N2/c19-18(20,21)15-3-1-13(2-4-15)11-14-9-10-23(12-14)17-7-5-16(22)6-8-17/h1-8,14H,9-12,22H2. The summed E-state index contributed by atoms with van der Waals surface area (Å²) in [4.78, 5) is 2.30. The first-order chi connectivity index (χ1) is 10.9. The van der Waals surface area contributed by atoms with Crippen LogP contribution < -0.4 is 10.6 Å². The van der Waals surface area contributed by atoms with Crippen molar-refractivity contribution >= 4 is 11.4 Å². The molecule has 122 valence electrons. The molecule has 2 nitrogen and oxygen atoms in total.